The molecular weight excluding hydrogens is 211 g/mol. The Morgan fingerprint density at radius 1 is 1.42 bits per heavy atom. The average molecular weight is 218 g/mol. The van der Waals surface area contributed by atoms with E-state index in [1.807, 2.05) is 0 Å². The van der Waals surface area contributed by atoms with Gasteiger partial charge in [0.05, 0.1) is 0 Å². The lowest BCUT2D eigenvalue weighted by Gasteiger charge is -2.04. The molecule has 1 aromatic heterocycles. The van der Waals surface area contributed by atoms with Crippen molar-refractivity contribution in [3.63, 3.8) is 0 Å². The Morgan fingerprint density at radius 2 is 2.00 bits per heavy atom. The van der Waals surface area contributed by atoms with Crippen LogP contribution in [0.3, 0.4) is 0 Å². The maximum absolute atomic E-state index is 12.0. The van der Waals surface area contributed by atoms with Gasteiger partial charge in [0, 0.05) is 6.54 Å². The van der Waals surface area contributed by atoms with Gasteiger partial charge in [0.1, 0.15) is 4.88 Å². The summed E-state index contributed by atoms with van der Waals surface area (Å²) in [5.74, 6) is 0. The Morgan fingerprint density at radius 3 is 2.33 bits per heavy atom. The van der Waals surface area contributed by atoms with Crippen molar-refractivity contribution in [2.24, 2.45) is 5.73 Å². The van der Waals surface area contributed by atoms with Crippen molar-refractivity contribution in [3.8, 4) is 0 Å². The van der Waals surface area contributed by atoms with E-state index in [-0.39, 0.29) is 24.5 Å². The smallest absolute Gasteiger partial charge is 0.326 e. The van der Waals surface area contributed by atoms with Gasteiger partial charge in [-0.25, -0.2) is 0 Å². The number of thiophene rings is 1. The minimum Gasteiger partial charge on any atom is -0.326 e. The van der Waals surface area contributed by atoms with Crippen LogP contribution in [0.2, 0.25) is 0 Å². The molecule has 1 nitrogen and oxygen atoms in total. The molecule has 0 aromatic carbocycles. The van der Waals surface area contributed by atoms with E-state index in [1.54, 1.807) is 0 Å². The third kappa shape index (κ3) is 2.36. The van der Waals surface area contributed by atoms with Crippen LogP contribution in [-0.4, -0.2) is 0 Å². The summed E-state index contributed by atoms with van der Waals surface area (Å²) in [6.45, 7) is -0.0572. The molecule has 2 N–H and O–H groups in total. The monoisotopic (exact) mass is 217 g/mol. The van der Waals surface area contributed by atoms with Gasteiger partial charge in [-0.3, -0.25) is 0 Å². The molecule has 0 spiro atoms. The van der Waals surface area contributed by atoms with Gasteiger partial charge in [0.2, 0.25) is 0 Å². The normalized spacial score (nSPS) is 11.0. The van der Waals surface area contributed by atoms with Crippen molar-refractivity contribution in [1.82, 2.24) is 0 Å². The summed E-state index contributed by atoms with van der Waals surface area (Å²) in [5.41, 5.74) is 5.27. The standard InChI is InChI=1S/C6H6F3NS.ClH/c7-6(8,9)5-4(3-10)1-2-11-5;/h1-2H,3,10H2;1H. The number of alkyl halides is 3. The number of nitrogens with two attached hydrogens (primary N) is 1. The molecule has 6 heteroatoms. The van der Waals surface area contributed by atoms with E-state index in [2.05, 4.69) is 0 Å². The topological polar surface area (TPSA) is 26.0 Å². The van der Waals surface area contributed by atoms with Gasteiger partial charge < -0.3 is 5.73 Å². The van der Waals surface area contributed by atoms with E-state index in [0.717, 1.165) is 0 Å². The first-order valence-electron chi connectivity index (χ1n) is 2.89. The van der Waals surface area contributed by atoms with Gasteiger partial charge in [-0.15, -0.1) is 23.7 Å². The second kappa shape index (κ2) is 4.11. The first-order valence-corrected chi connectivity index (χ1v) is 3.77. The third-order valence-electron chi connectivity index (χ3n) is 1.22. The minimum absolute atomic E-state index is 0. The Bertz CT molecular complexity index is 245. The first-order chi connectivity index (χ1) is 5.05. The summed E-state index contributed by atoms with van der Waals surface area (Å²) in [4.78, 5) is -0.583. The quantitative estimate of drug-likeness (QED) is 0.769. The molecule has 0 fully saturated rings. The van der Waals surface area contributed by atoms with Crippen LogP contribution >= 0.6 is 23.7 Å². The Labute approximate surface area is 77.8 Å². The van der Waals surface area contributed by atoms with E-state index in [9.17, 15) is 13.2 Å². The van der Waals surface area contributed by atoms with Crippen LogP contribution < -0.4 is 5.73 Å². The number of hydrogen-bond acceptors (Lipinski definition) is 2. The summed E-state index contributed by atoms with van der Waals surface area (Å²) >= 11 is 0.676. The molecule has 1 heterocycles. The summed E-state index contributed by atoms with van der Waals surface area (Å²) in [5, 5.41) is 1.39. The lowest BCUT2D eigenvalue weighted by Crippen LogP contribution is -2.07. The van der Waals surface area contributed by atoms with Crippen molar-refractivity contribution in [1.29, 1.82) is 0 Å². The van der Waals surface area contributed by atoms with Gasteiger partial charge in [-0.05, 0) is 17.0 Å². The highest BCUT2D eigenvalue weighted by Crippen LogP contribution is 2.35. The fraction of sp³-hybridized carbons (Fsp3) is 0.333. The summed E-state index contributed by atoms with van der Waals surface area (Å²) < 4.78 is 36.1. The lowest BCUT2D eigenvalue weighted by atomic mass is 10.2. The number of rotatable bonds is 1. The predicted octanol–water partition coefficient (Wildman–Crippen LogP) is 2.65. The zero-order chi connectivity index (χ0) is 8.48. The van der Waals surface area contributed by atoms with E-state index >= 15 is 0 Å². The molecular formula is C6H7ClF3NS. The van der Waals surface area contributed by atoms with Crippen molar-refractivity contribution >= 4 is 23.7 Å². The summed E-state index contributed by atoms with van der Waals surface area (Å²) in [7, 11) is 0. The second-order valence-electron chi connectivity index (χ2n) is 1.98. The van der Waals surface area contributed by atoms with Gasteiger partial charge >= 0.3 is 6.18 Å². The zero-order valence-electron chi connectivity index (χ0n) is 5.89. The first kappa shape index (κ1) is 11.7. The van der Waals surface area contributed by atoms with Crippen molar-refractivity contribution in [3.05, 3.63) is 21.9 Å². The third-order valence-corrected chi connectivity index (χ3v) is 2.23. The molecule has 0 atom stereocenters. The van der Waals surface area contributed by atoms with Crippen molar-refractivity contribution in [2.45, 2.75) is 12.7 Å². The van der Waals surface area contributed by atoms with E-state index in [1.165, 1.54) is 11.4 Å². The fourth-order valence-electron chi connectivity index (χ4n) is 0.745. The van der Waals surface area contributed by atoms with Crippen LogP contribution in [0.5, 0.6) is 0 Å². The molecule has 0 saturated carbocycles. The van der Waals surface area contributed by atoms with Gasteiger partial charge in [0.15, 0.2) is 0 Å². The van der Waals surface area contributed by atoms with Crippen molar-refractivity contribution < 1.29 is 13.2 Å². The Hall–Kier alpha value is -0.260. The molecule has 1 aromatic rings. The molecule has 0 aliphatic rings. The molecule has 0 bridgehead atoms. The summed E-state index contributed by atoms with van der Waals surface area (Å²) in [6, 6.07) is 1.40. The van der Waals surface area contributed by atoms with E-state index in [0.29, 0.717) is 11.3 Å². The molecule has 70 valence electrons. The number of hydrogen-bond donors (Lipinski definition) is 1. The molecule has 0 radical (unpaired) electrons. The molecule has 12 heavy (non-hydrogen) atoms. The maximum atomic E-state index is 12.0. The van der Waals surface area contributed by atoms with Crippen LogP contribution in [0.4, 0.5) is 13.2 Å². The SMILES string of the molecule is Cl.NCc1ccsc1C(F)(F)F. The lowest BCUT2D eigenvalue weighted by molar-refractivity contribution is -0.134. The molecule has 0 unspecified atom stereocenters. The summed E-state index contributed by atoms with van der Waals surface area (Å²) in [6.07, 6.45) is -4.25. The molecule has 0 aliphatic carbocycles. The largest absolute Gasteiger partial charge is 0.425 e. The highest BCUT2D eigenvalue weighted by molar-refractivity contribution is 7.10. The molecule has 0 aliphatic heterocycles. The van der Waals surface area contributed by atoms with Crippen LogP contribution in [-0.2, 0) is 12.7 Å². The Balaban J connectivity index is 0.00000121. The Kier molecular flexibility index (Phi) is 4.02. The highest BCUT2D eigenvalue weighted by Gasteiger charge is 2.34. The zero-order valence-corrected chi connectivity index (χ0v) is 7.52. The van der Waals surface area contributed by atoms with E-state index in [4.69, 9.17) is 5.73 Å². The van der Waals surface area contributed by atoms with Gasteiger partial charge in [0.25, 0.3) is 0 Å². The molecule has 1 rings (SSSR count). The van der Waals surface area contributed by atoms with Crippen LogP contribution in [0.25, 0.3) is 0 Å². The second-order valence-corrected chi connectivity index (χ2v) is 2.89. The van der Waals surface area contributed by atoms with Gasteiger partial charge in [-0.2, -0.15) is 13.2 Å². The predicted molar refractivity (Wildman–Crippen MR) is 44.5 cm³/mol. The van der Waals surface area contributed by atoms with E-state index < -0.39 is 11.1 Å². The minimum atomic E-state index is -4.25. The molecule has 0 amide bonds. The fourth-order valence-corrected chi connectivity index (χ4v) is 1.55. The van der Waals surface area contributed by atoms with Crippen LogP contribution in [0.1, 0.15) is 10.4 Å². The highest BCUT2D eigenvalue weighted by atomic mass is 35.5. The van der Waals surface area contributed by atoms with Crippen LogP contribution in [0, 0.1) is 0 Å². The maximum Gasteiger partial charge on any atom is 0.425 e. The van der Waals surface area contributed by atoms with Crippen LogP contribution in [0.15, 0.2) is 11.4 Å². The number of halogens is 4. The van der Waals surface area contributed by atoms with Crippen molar-refractivity contribution in [2.75, 3.05) is 0 Å². The molecule has 0 saturated heterocycles. The average Bonchev–Trinajstić information content (AvgIpc) is 2.31. The van der Waals surface area contributed by atoms with Gasteiger partial charge in [-0.1, -0.05) is 0 Å².